The van der Waals surface area contributed by atoms with Crippen LogP contribution in [-0.4, -0.2) is 38.8 Å². The van der Waals surface area contributed by atoms with Crippen LogP contribution < -0.4 is 10.6 Å². The van der Waals surface area contributed by atoms with Gasteiger partial charge in [-0.1, -0.05) is 12.1 Å². The van der Waals surface area contributed by atoms with E-state index in [0.29, 0.717) is 5.69 Å². The highest BCUT2D eigenvalue weighted by atomic mass is 32.2. The van der Waals surface area contributed by atoms with Crippen LogP contribution in [0, 0.1) is 13.8 Å². The van der Waals surface area contributed by atoms with Gasteiger partial charge in [0.15, 0.2) is 0 Å². The number of hydrogen-bond acceptors (Lipinski definition) is 4. The van der Waals surface area contributed by atoms with E-state index in [4.69, 9.17) is 0 Å². The van der Waals surface area contributed by atoms with Crippen molar-refractivity contribution in [3.8, 4) is 0 Å². The Hall–Kier alpha value is -2.38. The molecule has 0 heterocycles. The van der Waals surface area contributed by atoms with E-state index in [1.165, 1.54) is 26.2 Å². The molecule has 26 heavy (non-hydrogen) atoms. The fourth-order valence-electron chi connectivity index (χ4n) is 2.57. The number of nitrogens with one attached hydrogen (secondary N) is 2. The van der Waals surface area contributed by atoms with Crippen LogP contribution in [0.4, 0.5) is 11.4 Å². The van der Waals surface area contributed by atoms with Crippen molar-refractivity contribution in [1.82, 2.24) is 4.31 Å². The molecule has 140 valence electrons. The SMILES string of the molecule is Cc1cc(C)cc(N[C@@H](C)C(=O)Nc2cccc(S(=O)(=O)N(C)C)c2)c1. The Morgan fingerprint density at radius 1 is 1.00 bits per heavy atom. The molecule has 0 spiro atoms. The van der Waals surface area contributed by atoms with Gasteiger partial charge in [-0.25, -0.2) is 12.7 Å². The summed E-state index contributed by atoms with van der Waals surface area (Å²) < 4.78 is 25.6. The van der Waals surface area contributed by atoms with Crippen LogP contribution in [0.5, 0.6) is 0 Å². The standard InChI is InChI=1S/C19H25N3O3S/c1-13-9-14(2)11-17(10-13)20-15(3)19(23)21-16-7-6-8-18(12-16)26(24,25)22(4)5/h6-12,15,20H,1-5H3,(H,21,23)/t15-/m0/s1. The number of carbonyl (C=O) groups excluding carboxylic acids is 1. The topological polar surface area (TPSA) is 78.5 Å². The first kappa shape index (κ1) is 19.9. The molecule has 0 aliphatic carbocycles. The molecule has 0 radical (unpaired) electrons. The third-order valence-corrected chi connectivity index (χ3v) is 5.69. The Bertz CT molecular complexity index is 888. The van der Waals surface area contributed by atoms with Gasteiger partial charge in [0.1, 0.15) is 6.04 Å². The van der Waals surface area contributed by atoms with Gasteiger partial charge in [0.25, 0.3) is 0 Å². The van der Waals surface area contributed by atoms with Gasteiger partial charge in [0, 0.05) is 25.5 Å². The summed E-state index contributed by atoms with van der Waals surface area (Å²) in [6.45, 7) is 5.76. The summed E-state index contributed by atoms with van der Waals surface area (Å²) in [5.41, 5.74) is 3.53. The molecule has 0 bridgehead atoms. The molecule has 2 rings (SSSR count). The van der Waals surface area contributed by atoms with Crippen LogP contribution >= 0.6 is 0 Å². The number of hydrogen-bond donors (Lipinski definition) is 2. The van der Waals surface area contributed by atoms with Gasteiger partial charge in [0.05, 0.1) is 4.90 Å². The smallest absolute Gasteiger partial charge is 0.246 e. The number of amides is 1. The van der Waals surface area contributed by atoms with Gasteiger partial charge in [-0.05, 0) is 62.2 Å². The summed E-state index contributed by atoms with van der Waals surface area (Å²) in [6, 6.07) is 11.8. The van der Waals surface area contributed by atoms with E-state index < -0.39 is 16.1 Å². The lowest BCUT2D eigenvalue weighted by Gasteiger charge is -2.17. The lowest BCUT2D eigenvalue weighted by molar-refractivity contribution is -0.116. The predicted octanol–water partition coefficient (Wildman–Crippen LogP) is 2.99. The molecule has 0 saturated heterocycles. The zero-order chi connectivity index (χ0) is 19.5. The molecule has 0 fully saturated rings. The Labute approximate surface area is 155 Å². The van der Waals surface area contributed by atoms with Gasteiger partial charge in [0.2, 0.25) is 15.9 Å². The third kappa shape index (κ3) is 4.83. The van der Waals surface area contributed by atoms with E-state index in [-0.39, 0.29) is 10.8 Å². The highest BCUT2D eigenvalue weighted by Crippen LogP contribution is 2.19. The first-order valence-corrected chi connectivity index (χ1v) is 9.72. The molecule has 0 saturated carbocycles. The molecule has 2 N–H and O–H groups in total. The highest BCUT2D eigenvalue weighted by molar-refractivity contribution is 7.89. The minimum absolute atomic E-state index is 0.134. The fraction of sp³-hybridized carbons (Fsp3) is 0.316. The van der Waals surface area contributed by atoms with E-state index in [1.807, 2.05) is 26.0 Å². The minimum atomic E-state index is -3.55. The number of nitrogens with zero attached hydrogens (tertiary/aromatic N) is 1. The lowest BCUT2D eigenvalue weighted by Crippen LogP contribution is -2.32. The molecule has 2 aromatic rings. The van der Waals surface area contributed by atoms with E-state index in [9.17, 15) is 13.2 Å². The third-order valence-electron chi connectivity index (χ3n) is 3.88. The number of benzene rings is 2. The Morgan fingerprint density at radius 2 is 1.62 bits per heavy atom. The molecule has 2 aromatic carbocycles. The number of sulfonamides is 1. The van der Waals surface area contributed by atoms with Crippen molar-refractivity contribution in [1.29, 1.82) is 0 Å². The quantitative estimate of drug-likeness (QED) is 0.814. The highest BCUT2D eigenvalue weighted by Gasteiger charge is 2.18. The number of rotatable bonds is 6. The Kier molecular flexibility index (Phi) is 6.05. The largest absolute Gasteiger partial charge is 0.374 e. The van der Waals surface area contributed by atoms with Crippen molar-refractivity contribution in [3.05, 3.63) is 53.6 Å². The van der Waals surface area contributed by atoms with E-state index in [0.717, 1.165) is 21.1 Å². The van der Waals surface area contributed by atoms with Crippen LogP contribution in [-0.2, 0) is 14.8 Å². The maximum absolute atomic E-state index is 12.4. The maximum Gasteiger partial charge on any atom is 0.246 e. The summed E-state index contributed by atoms with van der Waals surface area (Å²) in [5, 5.41) is 5.93. The minimum Gasteiger partial charge on any atom is -0.374 e. The normalized spacial score (nSPS) is 12.7. The zero-order valence-electron chi connectivity index (χ0n) is 15.7. The molecule has 0 aromatic heterocycles. The molecule has 0 aliphatic rings. The number of aryl methyl sites for hydroxylation is 2. The van der Waals surface area contributed by atoms with E-state index >= 15 is 0 Å². The predicted molar refractivity (Wildman–Crippen MR) is 105 cm³/mol. The monoisotopic (exact) mass is 375 g/mol. The second kappa shape index (κ2) is 7.88. The maximum atomic E-state index is 12.4. The van der Waals surface area contributed by atoms with Gasteiger partial charge in [-0.2, -0.15) is 0 Å². The number of anilines is 2. The summed E-state index contributed by atoms with van der Waals surface area (Å²) in [6.07, 6.45) is 0. The molecule has 1 atom stereocenters. The van der Waals surface area contributed by atoms with Crippen molar-refractivity contribution >= 4 is 27.3 Å². The van der Waals surface area contributed by atoms with Crippen molar-refractivity contribution in [2.75, 3.05) is 24.7 Å². The molecular weight excluding hydrogens is 350 g/mol. The molecule has 0 aliphatic heterocycles. The first-order valence-electron chi connectivity index (χ1n) is 8.28. The average molecular weight is 375 g/mol. The van der Waals surface area contributed by atoms with Crippen LogP contribution in [0.2, 0.25) is 0 Å². The zero-order valence-corrected chi connectivity index (χ0v) is 16.5. The molecule has 1 amide bonds. The second-order valence-electron chi connectivity index (χ2n) is 6.55. The molecular formula is C19H25N3O3S. The molecule has 6 nitrogen and oxygen atoms in total. The van der Waals surface area contributed by atoms with Gasteiger partial charge in [-0.3, -0.25) is 4.79 Å². The van der Waals surface area contributed by atoms with E-state index in [2.05, 4.69) is 16.7 Å². The summed E-state index contributed by atoms with van der Waals surface area (Å²) in [4.78, 5) is 12.6. The number of carbonyl (C=O) groups is 1. The Balaban J connectivity index is 2.12. The van der Waals surface area contributed by atoms with Crippen molar-refractivity contribution in [3.63, 3.8) is 0 Å². The molecule has 0 unspecified atom stereocenters. The average Bonchev–Trinajstić information content (AvgIpc) is 2.53. The molecule has 7 heteroatoms. The Morgan fingerprint density at radius 3 is 2.19 bits per heavy atom. The van der Waals surface area contributed by atoms with Crippen LogP contribution in [0.1, 0.15) is 18.1 Å². The van der Waals surface area contributed by atoms with Crippen LogP contribution in [0.15, 0.2) is 47.4 Å². The summed E-state index contributed by atoms with van der Waals surface area (Å²) in [7, 11) is -0.610. The van der Waals surface area contributed by atoms with Gasteiger partial charge in [-0.15, -0.1) is 0 Å². The van der Waals surface area contributed by atoms with Crippen molar-refractivity contribution in [2.24, 2.45) is 0 Å². The van der Waals surface area contributed by atoms with Gasteiger partial charge < -0.3 is 10.6 Å². The van der Waals surface area contributed by atoms with Crippen molar-refractivity contribution < 1.29 is 13.2 Å². The lowest BCUT2D eigenvalue weighted by atomic mass is 10.1. The summed E-state index contributed by atoms with van der Waals surface area (Å²) >= 11 is 0. The second-order valence-corrected chi connectivity index (χ2v) is 8.70. The fourth-order valence-corrected chi connectivity index (χ4v) is 3.52. The first-order chi connectivity index (χ1) is 12.1. The van der Waals surface area contributed by atoms with Crippen LogP contribution in [0.3, 0.4) is 0 Å². The van der Waals surface area contributed by atoms with Gasteiger partial charge >= 0.3 is 0 Å². The van der Waals surface area contributed by atoms with E-state index in [1.54, 1.807) is 19.1 Å². The summed E-state index contributed by atoms with van der Waals surface area (Å²) in [5.74, 6) is -0.247. The van der Waals surface area contributed by atoms with Crippen molar-refractivity contribution in [2.45, 2.75) is 31.7 Å². The van der Waals surface area contributed by atoms with Crippen LogP contribution in [0.25, 0.3) is 0 Å².